The lowest BCUT2D eigenvalue weighted by molar-refractivity contribution is -0.147. The van der Waals surface area contributed by atoms with Gasteiger partial charge in [0.2, 0.25) is 0 Å². The van der Waals surface area contributed by atoms with Gasteiger partial charge in [-0.15, -0.1) is 0 Å². The minimum absolute atomic E-state index is 0.0354. The van der Waals surface area contributed by atoms with E-state index in [4.69, 9.17) is 9.47 Å². The SMILES string of the molecule is O=C(/C=C/c1ccccc1)OC1CCC2CCOCC21. The lowest BCUT2D eigenvalue weighted by Gasteiger charge is -2.28. The van der Waals surface area contributed by atoms with Gasteiger partial charge in [-0.1, -0.05) is 30.3 Å². The molecule has 1 saturated carbocycles. The maximum atomic E-state index is 11.9. The zero-order chi connectivity index (χ0) is 13.8. The highest BCUT2D eigenvalue weighted by atomic mass is 16.5. The third-order valence-electron chi connectivity index (χ3n) is 4.33. The van der Waals surface area contributed by atoms with Crippen LogP contribution in [0.25, 0.3) is 6.08 Å². The largest absolute Gasteiger partial charge is 0.459 e. The summed E-state index contributed by atoms with van der Waals surface area (Å²) >= 11 is 0. The van der Waals surface area contributed by atoms with E-state index < -0.39 is 0 Å². The molecule has 1 aromatic carbocycles. The van der Waals surface area contributed by atoms with Crippen LogP contribution in [0.5, 0.6) is 0 Å². The van der Waals surface area contributed by atoms with Crippen molar-refractivity contribution < 1.29 is 14.3 Å². The molecule has 2 aliphatic rings. The quantitative estimate of drug-likeness (QED) is 0.626. The molecule has 3 atom stereocenters. The molecular weight excluding hydrogens is 252 g/mol. The smallest absolute Gasteiger partial charge is 0.331 e. The molecule has 0 spiro atoms. The standard InChI is InChI=1S/C17H20O3/c18-17(9-6-13-4-2-1-3-5-13)20-16-8-7-14-10-11-19-12-15(14)16/h1-6,9,14-16H,7-8,10-12H2/b9-6+. The summed E-state index contributed by atoms with van der Waals surface area (Å²) in [7, 11) is 0. The number of fused-ring (bicyclic) bond motifs is 1. The van der Waals surface area contributed by atoms with Crippen molar-refractivity contribution in [2.45, 2.75) is 25.4 Å². The molecule has 3 unspecified atom stereocenters. The third-order valence-corrected chi connectivity index (χ3v) is 4.33. The fraction of sp³-hybridized carbons (Fsp3) is 0.471. The molecule has 0 aromatic heterocycles. The molecule has 2 fully saturated rings. The maximum absolute atomic E-state index is 11.9. The van der Waals surface area contributed by atoms with Crippen LogP contribution in [-0.4, -0.2) is 25.3 Å². The van der Waals surface area contributed by atoms with Gasteiger partial charge in [-0.05, 0) is 36.8 Å². The summed E-state index contributed by atoms with van der Waals surface area (Å²) in [6, 6.07) is 9.78. The van der Waals surface area contributed by atoms with Crippen molar-refractivity contribution >= 4 is 12.0 Å². The van der Waals surface area contributed by atoms with Crippen molar-refractivity contribution in [2.24, 2.45) is 11.8 Å². The molecule has 3 nitrogen and oxygen atoms in total. The molecule has 1 heterocycles. The van der Waals surface area contributed by atoms with E-state index in [1.165, 1.54) is 6.08 Å². The minimum Gasteiger partial charge on any atom is -0.459 e. The van der Waals surface area contributed by atoms with Crippen molar-refractivity contribution in [2.75, 3.05) is 13.2 Å². The molecule has 106 valence electrons. The summed E-state index contributed by atoms with van der Waals surface area (Å²) in [5.74, 6) is 0.836. The highest BCUT2D eigenvalue weighted by molar-refractivity contribution is 5.87. The van der Waals surface area contributed by atoms with Crippen LogP contribution in [-0.2, 0) is 14.3 Å². The van der Waals surface area contributed by atoms with E-state index in [-0.39, 0.29) is 12.1 Å². The van der Waals surface area contributed by atoms with Crippen LogP contribution in [0.15, 0.2) is 36.4 Å². The molecule has 3 rings (SSSR count). The van der Waals surface area contributed by atoms with Crippen molar-refractivity contribution in [1.82, 2.24) is 0 Å². The first kappa shape index (κ1) is 13.4. The van der Waals surface area contributed by atoms with Gasteiger partial charge >= 0.3 is 5.97 Å². The Morgan fingerprint density at radius 3 is 2.90 bits per heavy atom. The Labute approximate surface area is 119 Å². The minimum atomic E-state index is -0.245. The molecule has 0 radical (unpaired) electrons. The Morgan fingerprint density at radius 2 is 2.05 bits per heavy atom. The molecule has 1 saturated heterocycles. The molecule has 0 bridgehead atoms. The number of carbonyl (C=O) groups excluding carboxylic acids is 1. The number of benzene rings is 1. The monoisotopic (exact) mass is 272 g/mol. The van der Waals surface area contributed by atoms with E-state index in [1.54, 1.807) is 6.08 Å². The van der Waals surface area contributed by atoms with E-state index in [2.05, 4.69) is 0 Å². The van der Waals surface area contributed by atoms with E-state index in [1.807, 2.05) is 30.3 Å². The van der Waals surface area contributed by atoms with Gasteiger partial charge in [-0.3, -0.25) is 0 Å². The zero-order valence-electron chi connectivity index (χ0n) is 11.5. The van der Waals surface area contributed by atoms with Crippen molar-refractivity contribution in [1.29, 1.82) is 0 Å². The van der Waals surface area contributed by atoms with E-state index in [0.717, 1.165) is 38.0 Å². The van der Waals surface area contributed by atoms with Crippen LogP contribution < -0.4 is 0 Å². The fourth-order valence-corrected chi connectivity index (χ4v) is 3.23. The molecule has 0 amide bonds. The Balaban J connectivity index is 1.55. The van der Waals surface area contributed by atoms with Crippen molar-refractivity contribution in [3.63, 3.8) is 0 Å². The summed E-state index contributed by atoms with van der Waals surface area (Å²) in [5, 5.41) is 0. The van der Waals surface area contributed by atoms with Crippen molar-refractivity contribution in [3.8, 4) is 0 Å². The maximum Gasteiger partial charge on any atom is 0.331 e. The van der Waals surface area contributed by atoms with Gasteiger partial charge in [0.05, 0.1) is 6.61 Å². The topological polar surface area (TPSA) is 35.5 Å². The van der Waals surface area contributed by atoms with Gasteiger partial charge in [0, 0.05) is 18.6 Å². The van der Waals surface area contributed by atoms with E-state index in [0.29, 0.717) is 11.8 Å². The second-order valence-corrected chi connectivity index (χ2v) is 5.58. The van der Waals surface area contributed by atoms with Gasteiger partial charge < -0.3 is 9.47 Å². The second kappa shape index (κ2) is 6.23. The van der Waals surface area contributed by atoms with Crippen LogP contribution in [0.2, 0.25) is 0 Å². The highest BCUT2D eigenvalue weighted by Crippen LogP contribution is 2.38. The lowest BCUT2D eigenvalue weighted by Crippen LogP contribution is -2.32. The van der Waals surface area contributed by atoms with Gasteiger partial charge in [0.15, 0.2) is 0 Å². The highest BCUT2D eigenvalue weighted by Gasteiger charge is 2.40. The Bertz CT molecular complexity index is 480. The molecular formula is C17H20O3. The third kappa shape index (κ3) is 3.10. The van der Waals surface area contributed by atoms with Crippen LogP contribution in [0.1, 0.15) is 24.8 Å². The van der Waals surface area contributed by atoms with Gasteiger partial charge in [-0.2, -0.15) is 0 Å². The molecule has 0 N–H and O–H groups in total. The number of esters is 1. The van der Waals surface area contributed by atoms with Crippen LogP contribution in [0.4, 0.5) is 0 Å². The first-order valence-electron chi connectivity index (χ1n) is 7.34. The molecule has 1 aliphatic heterocycles. The molecule has 3 heteroatoms. The van der Waals surface area contributed by atoms with E-state index >= 15 is 0 Å². The predicted octanol–water partition coefficient (Wildman–Crippen LogP) is 3.06. The normalized spacial score (nSPS) is 29.3. The first-order chi connectivity index (χ1) is 9.83. The number of rotatable bonds is 3. The summed E-state index contributed by atoms with van der Waals surface area (Å²) in [4.78, 5) is 11.9. The second-order valence-electron chi connectivity index (χ2n) is 5.58. The molecule has 1 aliphatic carbocycles. The number of hydrogen-bond donors (Lipinski definition) is 0. The summed E-state index contributed by atoms with van der Waals surface area (Å²) in [6.07, 6.45) is 6.60. The van der Waals surface area contributed by atoms with Gasteiger partial charge in [0.1, 0.15) is 6.10 Å². The number of hydrogen-bond acceptors (Lipinski definition) is 3. The van der Waals surface area contributed by atoms with Gasteiger partial charge in [-0.25, -0.2) is 4.79 Å². The average molecular weight is 272 g/mol. The summed E-state index contributed by atoms with van der Waals surface area (Å²) < 4.78 is 11.1. The average Bonchev–Trinajstić information content (AvgIpc) is 2.90. The van der Waals surface area contributed by atoms with Crippen LogP contribution in [0, 0.1) is 11.8 Å². The summed E-state index contributed by atoms with van der Waals surface area (Å²) in [6.45, 7) is 1.60. The summed E-state index contributed by atoms with van der Waals surface area (Å²) in [5.41, 5.74) is 1.01. The Kier molecular flexibility index (Phi) is 4.16. The first-order valence-corrected chi connectivity index (χ1v) is 7.34. The van der Waals surface area contributed by atoms with Crippen LogP contribution >= 0.6 is 0 Å². The fourth-order valence-electron chi connectivity index (χ4n) is 3.23. The van der Waals surface area contributed by atoms with Crippen molar-refractivity contribution in [3.05, 3.63) is 42.0 Å². The van der Waals surface area contributed by atoms with Gasteiger partial charge in [0.25, 0.3) is 0 Å². The number of ether oxygens (including phenoxy) is 2. The Hall–Kier alpha value is -1.61. The predicted molar refractivity (Wildman–Crippen MR) is 77.0 cm³/mol. The zero-order valence-corrected chi connectivity index (χ0v) is 11.5. The Morgan fingerprint density at radius 1 is 1.20 bits per heavy atom. The van der Waals surface area contributed by atoms with Crippen LogP contribution in [0.3, 0.4) is 0 Å². The molecule has 20 heavy (non-hydrogen) atoms. The number of carbonyl (C=O) groups is 1. The van der Waals surface area contributed by atoms with E-state index in [9.17, 15) is 4.79 Å². The molecule has 1 aromatic rings. The lowest BCUT2D eigenvalue weighted by atomic mass is 9.91.